The van der Waals surface area contributed by atoms with Gasteiger partial charge in [0.1, 0.15) is 5.78 Å². The molecule has 3 atom stereocenters. The SMILES string of the molecule is COc1ccc(CC(=O)CC2CC3CCC2C3)cn1. The van der Waals surface area contributed by atoms with Gasteiger partial charge in [0, 0.05) is 25.1 Å². The van der Waals surface area contributed by atoms with Gasteiger partial charge in [-0.25, -0.2) is 4.98 Å². The molecule has 1 aromatic rings. The molecule has 1 aromatic heterocycles. The largest absolute Gasteiger partial charge is 0.481 e. The molecule has 2 fully saturated rings. The normalized spacial score (nSPS) is 28.6. The topological polar surface area (TPSA) is 39.2 Å². The molecular formula is C16H21NO2. The molecule has 19 heavy (non-hydrogen) atoms. The first-order chi connectivity index (χ1) is 9.24. The van der Waals surface area contributed by atoms with Gasteiger partial charge in [0.05, 0.1) is 7.11 Å². The van der Waals surface area contributed by atoms with Crippen molar-refractivity contribution in [1.82, 2.24) is 4.98 Å². The summed E-state index contributed by atoms with van der Waals surface area (Å²) >= 11 is 0. The molecule has 2 aliphatic rings. The van der Waals surface area contributed by atoms with Crippen LogP contribution in [0.25, 0.3) is 0 Å². The highest BCUT2D eigenvalue weighted by Gasteiger charge is 2.39. The fourth-order valence-corrected chi connectivity index (χ4v) is 3.85. The Kier molecular flexibility index (Phi) is 3.54. The van der Waals surface area contributed by atoms with Gasteiger partial charge in [-0.15, -0.1) is 0 Å². The highest BCUT2D eigenvalue weighted by atomic mass is 16.5. The van der Waals surface area contributed by atoms with Crippen molar-refractivity contribution in [2.45, 2.75) is 38.5 Å². The van der Waals surface area contributed by atoms with Crippen LogP contribution in [0.15, 0.2) is 18.3 Å². The summed E-state index contributed by atoms with van der Waals surface area (Å²) in [5.41, 5.74) is 0.994. The predicted octanol–water partition coefficient (Wildman–Crippen LogP) is 3.03. The molecular weight excluding hydrogens is 238 g/mol. The minimum atomic E-state index is 0.365. The zero-order chi connectivity index (χ0) is 13.2. The first-order valence-electron chi connectivity index (χ1n) is 7.25. The van der Waals surface area contributed by atoms with E-state index in [1.54, 1.807) is 13.3 Å². The highest BCUT2D eigenvalue weighted by Crippen LogP contribution is 2.49. The number of fused-ring (bicyclic) bond motifs is 2. The van der Waals surface area contributed by atoms with Crippen molar-refractivity contribution in [3.63, 3.8) is 0 Å². The van der Waals surface area contributed by atoms with Crippen molar-refractivity contribution in [3.05, 3.63) is 23.9 Å². The van der Waals surface area contributed by atoms with E-state index >= 15 is 0 Å². The Balaban J connectivity index is 1.53. The second-order valence-electron chi connectivity index (χ2n) is 6.06. The number of ether oxygens (including phenoxy) is 1. The van der Waals surface area contributed by atoms with Crippen molar-refractivity contribution in [2.75, 3.05) is 7.11 Å². The standard InChI is InChI=1S/C16H21NO2/c1-19-16-5-3-12(10-17-16)8-15(18)9-14-7-11-2-4-13(14)6-11/h3,5,10-11,13-14H,2,4,6-9H2,1H3. The molecule has 102 valence electrons. The summed E-state index contributed by atoms with van der Waals surface area (Å²) in [5.74, 6) is 3.39. The Morgan fingerprint density at radius 2 is 2.26 bits per heavy atom. The third-order valence-electron chi connectivity index (χ3n) is 4.78. The van der Waals surface area contributed by atoms with Crippen molar-refractivity contribution < 1.29 is 9.53 Å². The first-order valence-corrected chi connectivity index (χ1v) is 7.25. The van der Waals surface area contributed by atoms with Gasteiger partial charge in [-0.2, -0.15) is 0 Å². The van der Waals surface area contributed by atoms with Gasteiger partial charge in [-0.3, -0.25) is 4.79 Å². The Bertz CT molecular complexity index is 454. The number of methoxy groups -OCH3 is 1. The molecule has 2 aliphatic carbocycles. The minimum absolute atomic E-state index is 0.365. The van der Waals surface area contributed by atoms with Crippen molar-refractivity contribution in [3.8, 4) is 5.88 Å². The van der Waals surface area contributed by atoms with Crippen LogP contribution in [0.3, 0.4) is 0 Å². The number of nitrogens with zero attached hydrogens (tertiary/aromatic N) is 1. The molecule has 3 nitrogen and oxygen atoms in total. The monoisotopic (exact) mass is 259 g/mol. The maximum absolute atomic E-state index is 12.1. The van der Waals surface area contributed by atoms with Crippen LogP contribution in [0.1, 0.15) is 37.7 Å². The summed E-state index contributed by atoms with van der Waals surface area (Å²) in [6, 6.07) is 3.75. The van der Waals surface area contributed by atoms with E-state index in [2.05, 4.69) is 4.98 Å². The molecule has 2 saturated carbocycles. The van der Waals surface area contributed by atoms with Gasteiger partial charge < -0.3 is 4.74 Å². The van der Waals surface area contributed by atoms with E-state index in [9.17, 15) is 4.79 Å². The molecule has 0 radical (unpaired) electrons. The molecule has 3 unspecified atom stereocenters. The van der Waals surface area contributed by atoms with Gasteiger partial charge in [0.15, 0.2) is 0 Å². The first kappa shape index (κ1) is 12.6. The van der Waals surface area contributed by atoms with Gasteiger partial charge in [-0.1, -0.05) is 12.5 Å². The maximum atomic E-state index is 12.1. The molecule has 0 aromatic carbocycles. The number of hydrogen-bond donors (Lipinski definition) is 0. The van der Waals surface area contributed by atoms with Crippen LogP contribution in [0.2, 0.25) is 0 Å². The van der Waals surface area contributed by atoms with E-state index in [4.69, 9.17) is 4.74 Å². The lowest BCUT2D eigenvalue weighted by molar-refractivity contribution is -0.119. The zero-order valence-electron chi connectivity index (χ0n) is 11.5. The second-order valence-corrected chi connectivity index (χ2v) is 6.06. The molecule has 0 spiro atoms. The lowest BCUT2D eigenvalue weighted by Gasteiger charge is -2.20. The molecule has 3 heteroatoms. The zero-order valence-corrected chi connectivity index (χ0v) is 11.5. The van der Waals surface area contributed by atoms with Crippen LogP contribution >= 0.6 is 0 Å². The van der Waals surface area contributed by atoms with Crippen LogP contribution < -0.4 is 4.74 Å². The van der Waals surface area contributed by atoms with Crippen LogP contribution in [-0.2, 0) is 11.2 Å². The van der Waals surface area contributed by atoms with E-state index in [0.717, 1.165) is 23.8 Å². The summed E-state index contributed by atoms with van der Waals surface area (Å²) in [6.45, 7) is 0. The van der Waals surface area contributed by atoms with Gasteiger partial charge in [0.2, 0.25) is 5.88 Å². The number of aromatic nitrogens is 1. The predicted molar refractivity (Wildman–Crippen MR) is 73.1 cm³/mol. The van der Waals surface area contributed by atoms with E-state index in [-0.39, 0.29) is 0 Å². The van der Waals surface area contributed by atoms with Crippen LogP contribution in [0, 0.1) is 17.8 Å². The number of rotatable bonds is 5. The average Bonchev–Trinajstić information content (AvgIpc) is 3.02. The summed E-state index contributed by atoms with van der Waals surface area (Å²) in [7, 11) is 1.60. The lowest BCUT2D eigenvalue weighted by atomic mass is 9.84. The second kappa shape index (κ2) is 5.32. The number of carbonyl (C=O) groups excluding carboxylic acids is 1. The minimum Gasteiger partial charge on any atom is -0.481 e. The maximum Gasteiger partial charge on any atom is 0.212 e. The number of pyridine rings is 1. The fraction of sp³-hybridized carbons (Fsp3) is 0.625. The fourth-order valence-electron chi connectivity index (χ4n) is 3.85. The molecule has 0 aliphatic heterocycles. The number of carbonyl (C=O) groups is 1. The summed E-state index contributed by atoms with van der Waals surface area (Å²) < 4.78 is 5.02. The molecule has 2 bridgehead atoms. The van der Waals surface area contributed by atoms with Crippen LogP contribution in [0.4, 0.5) is 0 Å². The molecule has 0 saturated heterocycles. The lowest BCUT2D eigenvalue weighted by Crippen LogP contribution is -2.16. The van der Waals surface area contributed by atoms with Crippen molar-refractivity contribution in [2.24, 2.45) is 17.8 Å². The smallest absolute Gasteiger partial charge is 0.212 e. The van der Waals surface area contributed by atoms with E-state index in [0.29, 0.717) is 24.0 Å². The molecule has 0 N–H and O–H groups in total. The Morgan fingerprint density at radius 1 is 1.37 bits per heavy atom. The molecule has 0 amide bonds. The molecule has 3 rings (SSSR count). The summed E-state index contributed by atoms with van der Waals surface area (Å²) in [5, 5.41) is 0. The van der Waals surface area contributed by atoms with Crippen LogP contribution in [0.5, 0.6) is 5.88 Å². The number of hydrogen-bond acceptors (Lipinski definition) is 3. The number of Topliss-reactive ketones (excluding diaryl/α,β-unsaturated/α-hetero) is 1. The summed E-state index contributed by atoms with van der Waals surface area (Å²) in [6.07, 6.45) is 8.46. The third kappa shape index (κ3) is 2.80. The van der Waals surface area contributed by atoms with E-state index in [1.165, 1.54) is 25.7 Å². The average molecular weight is 259 g/mol. The van der Waals surface area contributed by atoms with Crippen LogP contribution in [-0.4, -0.2) is 17.9 Å². The quantitative estimate of drug-likeness (QED) is 0.816. The third-order valence-corrected chi connectivity index (χ3v) is 4.78. The molecule has 1 heterocycles. The Labute approximate surface area is 114 Å². The Morgan fingerprint density at radius 3 is 2.84 bits per heavy atom. The van der Waals surface area contributed by atoms with E-state index in [1.807, 2.05) is 12.1 Å². The van der Waals surface area contributed by atoms with Crippen molar-refractivity contribution in [1.29, 1.82) is 0 Å². The van der Waals surface area contributed by atoms with E-state index < -0.39 is 0 Å². The van der Waals surface area contributed by atoms with Crippen molar-refractivity contribution >= 4 is 5.78 Å². The van der Waals surface area contributed by atoms with Gasteiger partial charge in [0.25, 0.3) is 0 Å². The highest BCUT2D eigenvalue weighted by molar-refractivity contribution is 5.81. The van der Waals surface area contributed by atoms with Gasteiger partial charge >= 0.3 is 0 Å². The van der Waals surface area contributed by atoms with Gasteiger partial charge in [-0.05, 0) is 42.6 Å². The number of ketones is 1. The summed E-state index contributed by atoms with van der Waals surface area (Å²) in [4.78, 5) is 16.3. The Hall–Kier alpha value is -1.38.